The van der Waals surface area contributed by atoms with Gasteiger partial charge in [-0.05, 0) is 56.3 Å². The quantitative estimate of drug-likeness (QED) is 0.570. The highest BCUT2D eigenvalue weighted by molar-refractivity contribution is 5.76. The highest BCUT2D eigenvalue weighted by atomic mass is 16.5. The Hall–Kier alpha value is -1.60. The number of aromatic nitrogens is 1. The molecule has 2 saturated heterocycles. The summed E-state index contributed by atoms with van der Waals surface area (Å²) in [6.07, 6.45) is 8.27. The van der Waals surface area contributed by atoms with Crippen molar-refractivity contribution in [2.75, 3.05) is 47.0 Å². The van der Waals surface area contributed by atoms with Crippen LogP contribution < -0.4 is 4.74 Å². The number of carbonyl (C=O) groups is 1. The van der Waals surface area contributed by atoms with E-state index in [0.29, 0.717) is 43.0 Å². The zero-order valence-electron chi connectivity index (χ0n) is 17.4. The second kappa shape index (κ2) is 10.8. The third-order valence-electron chi connectivity index (χ3n) is 6.14. The molecule has 7 heteroatoms. The van der Waals surface area contributed by atoms with Crippen LogP contribution in [0, 0.1) is 5.92 Å². The lowest BCUT2D eigenvalue weighted by molar-refractivity contribution is -0.132. The first-order valence-electron chi connectivity index (χ1n) is 10.7. The predicted molar refractivity (Wildman–Crippen MR) is 106 cm³/mol. The molecule has 1 amide bonds. The second-order valence-corrected chi connectivity index (χ2v) is 8.02. The van der Waals surface area contributed by atoms with E-state index in [-0.39, 0.29) is 5.91 Å². The van der Waals surface area contributed by atoms with Crippen LogP contribution in [0.1, 0.15) is 50.7 Å². The molecular weight excluding hydrogens is 358 g/mol. The van der Waals surface area contributed by atoms with E-state index >= 15 is 0 Å². The van der Waals surface area contributed by atoms with Crippen molar-refractivity contribution in [2.45, 2.75) is 57.4 Å². The van der Waals surface area contributed by atoms with Gasteiger partial charge in [-0.3, -0.25) is 4.79 Å². The summed E-state index contributed by atoms with van der Waals surface area (Å²) in [4.78, 5) is 17.7. The summed E-state index contributed by atoms with van der Waals surface area (Å²) in [6, 6.07) is 2.41. The molecule has 2 atom stereocenters. The first-order chi connectivity index (χ1) is 13.7. The van der Waals surface area contributed by atoms with Crippen molar-refractivity contribution in [1.82, 2.24) is 15.0 Å². The van der Waals surface area contributed by atoms with Crippen molar-refractivity contribution in [3.8, 4) is 5.88 Å². The zero-order valence-corrected chi connectivity index (χ0v) is 17.4. The Balaban J connectivity index is 1.57. The molecule has 2 aliphatic rings. The van der Waals surface area contributed by atoms with E-state index in [4.69, 9.17) is 14.0 Å². The van der Waals surface area contributed by atoms with Crippen molar-refractivity contribution in [2.24, 2.45) is 5.92 Å². The molecule has 2 aliphatic heterocycles. The molecule has 0 aliphatic carbocycles. The fraction of sp³-hybridized carbons (Fsp3) is 0.810. The van der Waals surface area contributed by atoms with Gasteiger partial charge in [0.1, 0.15) is 5.76 Å². The van der Waals surface area contributed by atoms with E-state index in [9.17, 15) is 4.79 Å². The van der Waals surface area contributed by atoms with Gasteiger partial charge in [0.15, 0.2) is 0 Å². The molecule has 0 aromatic carbocycles. The summed E-state index contributed by atoms with van der Waals surface area (Å²) in [7, 11) is 3.27. The summed E-state index contributed by atoms with van der Waals surface area (Å²) in [5.74, 6) is 1.93. The molecule has 7 nitrogen and oxygen atoms in total. The Bertz CT molecular complexity index is 604. The third kappa shape index (κ3) is 5.70. The number of methoxy groups -OCH3 is 2. The highest BCUT2D eigenvalue weighted by Gasteiger charge is 2.34. The minimum atomic E-state index is 0.194. The summed E-state index contributed by atoms with van der Waals surface area (Å²) in [5, 5.41) is 3.81. The number of nitrogens with zero attached hydrogens (tertiary/aromatic N) is 3. The highest BCUT2D eigenvalue weighted by Crippen LogP contribution is 2.31. The number of piperidine rings is 2. The number of carbonyl (C=O) groups excluding carboxylic acids is 1. The summed E-state index contributed by atoms with van der Waals surface area (Å²) >= 11 is 0. The van der Waals surface area contributed by atoms with Crippen LogP contribution in [0.3, 0.4) is 0 Å². The molecule has 3 rings (SSSR count). The van der Waals surface area contributed by atoms with Crippen LogP contribution >= 0.6 is 0 Å². The van der Waals surface area contributed by atoms with Gasteiger partial charge in [0, 0.05) is 51.8 Å². The molecule has 0 unspecified atom stereocenters. The molecule has 0 bridgehead atoms. The predicted octanol–water partition coefficient (Wildman–Crippen LogP) is 2.75. The largest absolute Gasteiger partial charge is 0.479 e. The molecule has 1 aromatic heterocycles. The van der Waals surface area contributed by atoms with Crippen molar-refractivity contribution < 1.29 is 18.8 Å². The van der Waals surface area contributed by atoms with Gasteiger partial charge in [0.05, 0.1) is 7.11 Å². The van der Waals surface area contributed by atoms with Crippen LogP contribution in [0.2, 0.25) is 0 Å². The third-order valence-corrected chi connectivity index (χ3v) is 6.14. The topological polar surface area (TPSA) is 68.0 Å². The second-order valence-electron chi connectivity index (χ2n) is 8.02. The molecule has 2 fully saturated rings. The Morgan fingerprint density at radius 2 is 2.14 bits per heavy atom. The maximum Gasteiger partial charge on any atom is 0.254 e. The number of aryl methyl sites for hydroxylation is 1. The normalized spacial score (nSPS) is 22.6. The van der Waals surface area contributed by atoms with E-state index in [1.807, 2.05) is 0 Å². The maximum absolute atomic E-state index is 13.0. The summed E-state index contributed by atoms with van der Waals surface area (Å²) < 4.78 is 15.5. The maximum atomic E-state index is 13.0. The average molecular weight is 394 g/mol. The van der Waals surface area contributed by atoms with Gasteiger partial charge in [-0.1, -0.05) is 6.42 Å². The van der Waals surface area contributed by atoms with Crippen molar-refractivity contribution in [1.29, 1.82) is 0 Å². The molecule has 3 heterocycles. The van der Waals surface area contributed by atoms with Crippen molar-refractivity contribution >= 4 is 5.91 Å². The van der Waals surface area contributed by atoms with Crippen LogP contribution in [0.5, 0.6) is 5.88 Å². The fourth-order valence-electron chi connectivity index (χ4n) is 4.69. The van der Waals surface area contributed by atoms with E-state index in [1.54, 1.807) is 20.3 Å². The smallest absolute Gasteiger partial charge is 0.254 e. The number of fused-ring (bicyclic) bond motifs is 1. The number of amides is 1. The van der Waals surface area contributed by atoms with Gasteiger partial charge >= 0.3 is 0 Å². The lowest BCUT2D eigenvalue weighted by Crippen LogP contribution is -2.51. The Labute approximate surface area is 168 Å². The molecule has 0 spiro atoms. The monoisotopic (exact) mass is 393 g/mol. The molecule has 0 N–H and O–H groups in total. The molecule has 0 radical (unpaired) electrons. The van der Waals surface area contributed by atoms with Gasteiger partial charge in [-0.15, -0.1) is 0 Å². The van der Waals surface area contributed by atoms with Crippen molar-refractivity contribution in [3.63, 3.8) is 0 Å². The van der Waals surface area contributed by atoms with Crippen LogP contribution in [-0.2, 0) is 16.0 Å². The van der Waals surface area contributed by atoms with Gasteiger partial charge in [0.25, 0.3) is 5.88 Å². The summed E-state index contributed by atoms with van der Waals surface area (Å²) in [5.41, 5.74) is 0. The van der Waals surface area contributed by atoms with Crippen LogP contribution in [0.25, 0.3) is 0 Å². The van der Waals surface area contributed by atoms with Gasteiger partial charge in [0.2, 0.25) is 5.91 Å². The first kappa shape index (κ1) is 21.1. The van der Waals surface area contributed by atoms with Crippen molar-refractivity contribution in [3.05, 3.63) is 11.8 Å². The van der Waals surface area contributed by atoms with E-state index in [1.165, 1.54) is 45.2 Å². The zero-order chi connectivity index (χ0) is 19.8. The molecule has 158 valence electrons. The number of hydrogen-bond acceptors (Lipinski definition) is 6. The minimum Gasteiger partial charge on any atom is -0.479 e. The van der Waals surface area contributed by atoms with Gasteiger partial charge < -0.3 is 23.8 Å². The SMILES string of the molecule is COCCCN(C[C@H]1CCCN2CCCC[C@H]12)C(=O)CCc1cc(OC)no1. The molecular formula is C21H35N3O4. The first-order valence-corrected chi connectivity index (χ1v) is 10.7. The number of ether oxygens (including phenoxy) is 2. The molecule has 0 saturated carbocycles. The van der Waals surface area contributed by atoms with E-state index in [2.05, 4.69) is 15.0 Å². The Morgan fingerprint density at radius 3 is 2.93 bits per heavy atom. The van der Waals surface area contributed by atoms with Crippen LogP contribution in [0.15, 0.2) is 10.6 Å². The minimum absolute atomic E-state index is 0.194. The van der Waals surface area contributed by atoms with E-state index in [0.717, 1.165) is 19.5 Å². The molecule has 1 aromatic rings. The Morgan fingerprint density at radius 1 is 1.29 bits per heavy atom. The van der Waals surface area contributed by atoms with Crippen LogP contribution in [0.4, 0.5) is 0 Å². The number of hydrogen-bond donors (Lipinski definition) is 0. The average Bonchev–Trinajstić information content (AvgIpc) is 3.20. The van der Waals surface area contributed by atoms with Gasteiger partial charge in [-0.2, -0.15) is 0 Å². The standard InChI is InChI=1S/C21H35N3O4/c1-26-14-6-13-24(21(25)10-9-18-15-20(27-2)22-28-18)16-17-7-5-12-23-11-4-3-8-19(17)23/h15,17,19H,3-14,16H2,1-2H3/t17-,19-/m1/s1. The van der Waals surface area contributed by atoms with E-state index < -0.39 is 0 Å². The van der Waals surface area contributed by atoms with Crippen LogP contribution in [-0.4, -0.2) is 73.9 Å². The number of rotatable bonds is 10. The molecule has 28 heavy (non-hydrogen) atoms. The lowest BCUT2D eigenvalue weighted by Gasteiger charge is -2.45. The summed E-state index contributed by atoms with van der Waals surface area (Å²) in [6.45, 7) is 4.76. The Kier molecular flexibility index (Phi) is 8.15. The fourth-order valence-corrected chi connectivity index (χ4v) is 4.69. The lowest BCUT2D eigenvalue weighted by atomic mass is 9.83. The van der Waals surface area contributed by atoms with Gasteiger partial charge in [-0.25, -0.2) is 0 Å².